The topological polar surface area (TPSA) is 95.9 Å². The van der Waals surface area contributed by atoms with Crippen molar-refractivity contribution in [2.24, 2.45) is 0 Å². The number of rotatable bonds is 43. The van der Waals surface area contributed by atoms with Crippen molar-refractivity contribution < 1.29 is 24.5 Å². The fourth-order valence-corrected chi connectivity index (χ4v) is 7.24. The van der Waals surface area contributed by atoms with E-state index in [0.29, 0.717) is 19.3 Å². The fourth-order valence-electron chi connectivity index (χ4n) is 7.24. The molecule has 0 bridgehead atoms. The third-order valence-electron chi connectivity index (χ3n) is 10.9. The number of aliphatic hydroxyl groups is 2. The van der Waals surface area contributed by atoms with E-state index in [9.17, 15) is 19.8 Å². The van der Waals surface area contributed by atoms with Crippen LogP contribution in [0.2, 0.25) is 0 Å². The highest BCUT2D eigenvalue weighted by Crippen LogP contribution is 2.17. The zero-order valence-corrected chi connectivity index (χ0v) is 37.7. The first-order valence-electron chi connectivity index (χ1n) is 24.4. The maximum Gasteiger partial charge on any atom is 0.306 e. The summed E-state index contributed by atoms with van der Waals surface area (Å²) in [5.74, 6) is -0.512. The van der Waals surface area contributed by atoms with E-state index in [4.69, 9.17) is 4.74 Å². The van der Waals surface area contributed by atoms with Gasteiger partial charge in [-0.25, -0.2) is 0 Å². The van der Waals surface area contributed by atoms with Crippen molar-refractivity contribution in [1.82, 2.24) is 5.32 Å². The summed E-state index contributed by atoms with van der Waals surface area (Å²) in [6, 6.07) is -0.704. The Bertz CT molecular complexity index is 988. The second-order valence-corrected chi connectivity index (χ2v) is 16.5. The number of amides is 1. The smallest absolute Gasteiger partial charge is 0.306 e. The van der Waals surface area contributed by atoms with E-state index in [1.165, 1.54) is 103 Å². The summed E-state index contributed by atoms with van der Waals surface area (Å²) in [4.78, 5) is 25.9. The zero-order chi connectivity index (χ0) is 41.7. The van der Waals surface area contributed by atoms with Crippen molar-refractivity contribution in [2.45, 2.75) is 257 Å². The molecule has 6 heteroatoms. The molecule has 0 spiro atoms. The Morgan fingerprint density at radius 3 is 1.42 bits per heavy atom. The minimum Gasteiger partial charge on any atom is -0.462 e. The highest BCUT2D eigenvalue weighted by molar-refractivity contribution is 5.77. The molecule has 0 aliphatic heterocycles. The van der Waals surface area contributed by atoms with Gasteiger partial charge in [-0.3, -0.25) is 9.59 Å². The molecule has 0 fully saturated rings. The number of carbonyl (C=O) groups excluding carboxylic acids is 2. The number of esters is 1. The summed E-state index contributed by atoms with van der Waals surface area (Å²) in [6.07, 6.45) is 53.2. The molecule has 57 heavy (non-hydrogen) atoms. The molecule has 0 heterocycles. The third kappa shape index (κ3) is 40.4. The number of hydrogen-bond donors (Lipinski definition) is 3. The number of ether oxygens (including phenoxy) is 1. The maximum atomic E-state index is 13.1. The maximum absolute atomic E-state index is 13.1. The summed E-state index contributed by atoms with van der Waals surface area (Å²) in [5, 5.41) is 23.7. The first-order chi connectivity index (χ1) is 28.0. The van der Waals surface area contributed by atoms with Gasteiger partial charge in [0.25, 0.3) is 0 Å². The second kappa shape index (κ2) is 44.9. The lowest BCUT2D eigenvalue weighted by Crippen LogP contribution is -2.46. The highest BCUT2D eigenvalue weighted by atomic mass is 16.5. The molecule has 0 saturated heterocycles. The van der Waals surface area contributed by atoms with Crippen molar-refractivity contribution in [3.8, 4) is 0 Å². The summed E-state index contributed by atoms with van der Waals surface area (Å²) >= 11 is 0. The molecule has 0 aromatic rings. The molecule has 332 valence electrons. The summed E-state index contributed by atoms with van der Waals surface area (Å²) < 4.78 is 5.87. The van der Waals surface area contributed by atoms with Gasteiger partial charge in [-0.05, 0) is 64.2 Å². The van der Waals surface area contributed by atoms with Crippen LogP contribution in [0.15, 0.2) is 48.6 Å². The number of aliphatic hydroxyl groups excluding tert-OH is 2. The van der Waals surface area contributed by atoms with Gasteiger partial charge in [0.05, 0.1) is 25.2 Å². The predicted octanol–water partition coefficient (Wildman–Crippen LogP) is 14.3. The summed E-state index contributed by atoms with van der Waals surface area (Å²) in [6.45, 7) is 6.33. The van der Waals surface area contributed by atoms with E-state index in [1.807, 2.05) is 0 Å². The Kier molecular flexibility index (Phi) is 43.2. The zero-order valence-electron chi connectivity index (χ0n) is 37.7. The van der Waals surface area contributed by atoms with Gasteiger partial charge in [-0.1, -0.05) is 211 Å². The second-order valence-electron chi connectivity index (χ2n) is 16.5. The van der Waals surface area contributed by atoms with Crippen LogP contribution >= 0.6 is 0 Å². The Labute approximate surface area is 353 Å². The molecule has 3 unspecified atom stereocenters. The third-order valence-corrected chi connectivity index (χ3v) is 10.9. The van der Waals surface area contributed by atoms with Crippen LogP contribution in [0.3, 0.4) is 0 Å². The Balaban J connectivity index is 4.43. The highest BCUT2D eigenvalue weighted by Gasteiger charge is 2.24. The minimum absolute atomic E-state index is 0.0651. The van der Waals surface area contributed by atoms with E-state index < -0.39 is 18.2 Å². The molecular formula is C51H93NO5. The lowest BCUT2D eigenvalue weighted by atomic mass is 10.0. The number of unbranched alkanes of at least 4 members (excludes halogenated alkanes) is 23. The molecule has 1 amide bonds. The van der Waals surface area contributed by atoms with Crippen LogP contribution in [0.25, 0.3) is 0 Å². The standard InChI is InChI=1S/C51H93NO5/c1-4-7-10-13-16-18-20-22-24-26-28-30-32-35-38-41-44-51(56)57-47(42-39-36-33-15-12-9-6-3)45-50(55)52-48(46-53)49(54)43-40-37-34-31-29-27-25-23-21-19-17-14-11-8-5-2/h7,10,16,18,22,24,28,30,47-49,53-54H,4-6,8-9,11-15,17,19-21,23,25-27,29,31-46H2,1-3H3,(H,52,55)/b10-7+,18-16+,24-22+,30-28+. The first kappa shape index (κ1) is 54.8. The van der Waals surface area contributed by atoms with Gasteiger partial charge < -0.3 is 20.3 Å². The average Bonchev–Trinajstić information content (AvgIpc) is 3.20. The van der Waals surface area contributed by atoms with Crippen LogP contribution in [0.1, 0.15) is 239 Å². The monoisotopic (exact) mass is 800 g/mol. The van der Waals surface area contributed by atoms with Crippen LogP contribution in [0, 0.1) is 0 Å². The Morgan fingerprint density at radius 2 is 0.947 bits per heavy atom. The first-order valence-corrected chi connectivity index (χ1v) is 24.4. The van der Waals surface area contributed by atoms with E-state index in [0.717, 1.165) is 89.9 Å². The number of carbonyl (C=O) groups is 2. The lowest BCUT2D eigenvalue weighted by molar-refractivity contribution is -0.151. The van der Waals surface area contributed by atoms with Crippen LogP contribution in [0.4, 0.5) is 0 Å². The molecule has 0 aliphatic carbocycles. The molecule has 0 aromatic carbocycles. The summed E-state index contributed by atoms with van der Waals surface area (Å²) in [5.41, 5.74) is 0. The largest absolute Gasteiger partial charge is 0.462 e. The van der Waals surface area contributed by atoms with E-state index in [1.54, 1.807) is 0 Å². The van der Waals surface area contributed by atoms with Crippen molar-refractivity contribution in [3.63, 3.8) is 0 Å². The predicted molar refractivity (Wildman–Crippen MR) is 245 cm³/mol. The van der Waals surface area contributed by atoms with E-state index >= 15 is 0 Å². The molecule has 0 aliphatic rings. The van der Waals surface area contributed by atoms with Gasteiger partial charge in [-0.15, -0.1) is 0 Å². The minimum atomic E-state index is -0.790. The number of hydrogen-bond acceptors (Lipinski definition) is 5. The van der Waals surface area contributed by atoms with Crippen molar-refractivity contribution >= 4 is 11.9 Å². The van der Waals surface area contributed by atoms with Gasteiger partial charge in [0.2, 0.25) is 5.91 Å². The SMILES string of the molecule is CC/C=C/C/C=C/C/C=C/C/C=C/CCCCCC(=O)OC(CCCCCCCCC)CC(=O)NC(CO)C(O)CCCCCCCCCCCCCCCCC. The Morgan fingerprint density at radius 1 is 0.526 bits per heavy atom. The fraction of sp³-hybridized carbons (Fsp3) is 0.804. The molecular weight excluding hydrogens is 707 g/mol. The van der Waals surface area contributed by atoms with Gasteiger partial charge in [0.15, 0.2) is 0 Å². The van der Waals surface area contributed by atoms with E-state index in [2.05, 4.69) is 74.7 Å². The number of nitrogens with one attached hydrogen (secondary N) is 1. The van der Waals surface area contributed by atoms with Gasteiger partial charge in [0.1, 0.15) is 6.10 Å². The summed E-state index contributed by atoms with van der Waals surface area (Å²) in [7, 11) is 0. The van der Waals surface area contributed by atoms with Crippen LogP contribution in [-0.2, 0) is 14.3 Å². The van der Waals surface area contributed by atoms with Crippen molar-refractivity contribution in [1.29, 1.82) is 0 Å². The molecule has 0 aromatic heterocycles. The lowest BCUT2D eigenvalue weighted by Gasteiger charge is -2.24. The van der Waals surface area contributed by atoms with Crippen LogP contribution < -0.4 is 5.32 Å². The molecule has 0 radical (unpaired) electrons. The molecule has 0 saturated carbocycles. The molecule has 3 atom stereocenters. The van der Waals surface area contributed by atoms with Crippen LogP contribution in [0.5, 0.6) is 0 Å². The van der Waals surface area contributed by atoms with Crippen LogP contribution in [-0.4, -0.2) is 46.9 Å². The number of allylic oxidation sites excluding steroid dienone is 8. The Hall–Kier alpha value is -2.18. The van der Waals surface area contributed by atoms with Crippen molar-refractivity contribution in [3.05, 3.63) is 48.6 Å². The van der Waals surface area contributed by atoms with Crippen molar-refractivity contribution in [2.75, 3.05) is 6.61 Å². The molecule has 6 nitrogen and oxygen atoms in total. The average molecular weight is 800 g/mol. The molecule has 0 rings (SSSR count). The molecule has 3 N–H and O–H groups in total. The van der Waals surface area contributed by atoms with Gasteiger partial charge in [0, 0.05) is 6.42 Å². The van der Waals surface area contributed by atoms with Gasteiger partial charge in [-0.2, -0.15) is 0 Å². The van der Waals surface area contributed by atoms with Gasteiger partial charge >= 0.3 is 5.97 Å². The normalized spacial score (nSPS) is 13.7. The van der Waals surface area contributed by atoms with E-state index in [-0.39, 0.29) is 24.9 Å². The quantitative estimate of drug-likeness (QED) is 0.0324.